The monoisotopic (exact) mass is 582 g/mol. The van der Waals surface area contributed by atoms with Crippen LogP contribution in [0.5, 0.6) is 5.75 Å². The van der Waals surface area contributed by atoms with Crippen LogP contribution in [0.1, 0.15) is 46.9 Å². The molecule has 1 aliphatic heterocycles. The zero-order chi connectivity index (χ0) is 28.6. The zero-order valence-electron chi connectivity index (χ0n) is 20.9. The quantitative estimate of drug-likeness (QED) is 0.368. The Kier molecular flexibility index (Phi) is 8.00. The van der Waals surface area contributed by atoms with Crippen molar-refractivity contribution in [2.24, 2.45) is 0 Å². The number of sulfonamides is 1. The summed E-state index contributed by atoms with van der Waals surface area (Å²) in [7, 11) is -4.68. The molecule has 1 amide bonds. The molecule has 0 radical (unpaired) electrons. The highest BCUT2D eigenvalue weighted by molar-refractivity contribution is 7.89. The van der Waals surface area contributed by atoms with Gasteiger partial charge in [-0.3, -0.25) is 4.79 Å². The Morgan fingerprint density at radius 3 is 2.44 bits per heavy atom. The summed E-state index contributed by atoms with van der Waals surface area (Å²) in [5, 5.41) is 13.4. The maximum Gasteiger partial charge on any atom is 0.416 e. The van der Waals surface area contributed by atoms with E-state index in [4.69, 9.17) is 16.3 Å². The van der Waals surface area contributed by atoms with Crippen molar-refractivity contribution in [2.75, 3.05) is 6.54 Å². The van der Waals surface area contributed by atoms with Gasteiger partial charge < -0.3 is 15.2 Å². The summed E-state index contributed by atoms with van der Waals surface area (Å²) in [6, 6.07) is 14.5. The summed E-state index contributed by atoms with van der Waals surface area (Å²) in [5.74, 6) is -0.232. The molecule has 0 saturated carbocycles. The minimum absolute atomic E-state index is 0.143. The Morgan fingerprint density at radius 1 is 1.08 bits per heavy atom. The fourth-order valence-electron chi connectivity index (χ4n) is 4.25. The Balaban J connectivity index is 1.63. The second kappa shape index (κ2) is 10.8. The Hall–Kier alpha value is -3.12. The number of ether oxygens (including phenoxy) is 1. The van der Waals surface area contributed by atoms with E-state index >= 15 is 0 Å². The van der Waals surface area contributed by atoms with Crippen molar-refractivity contribution in [2.45, 2.75) is 49.1 Å². The smallest absolute Gasteiger partial charge is 0.416 e. The molecule has 7 nitrogen and oxygen atoms in total. The number of aliphatic hydroxyl groups excluding tert-OH is 1. The molecule has 0 bridgehead atoms. The number of hydrogen-bond donors (Lipinski definition) is 3. The van der Waals surface area contributed by atoms with Gasteiger partial charge in [-0.25, -0.2) is 13.1 Å². The second-order valence-corrected chi connectivity index (χ2v) is 11.7. The van der Waals surface area contributed by atoms with Crippen molar-refractivity contribution in [3.8, 4) is 5.75 Å². The van der Waals surface area contributed by atoms with Crippen LogP contribution in [0.15, 0.2) is 71.6 Å². The molecule has 0 fully saturated rings. The number of nitrogens with one attached hydrogen (secondary N) is 2. The molecule has 2 atom stereocenters. The number of alkyl halides is 3. The summed E-state index contributed by atoms with van der Waals surface area (Å²) in [4.78, 5) is 12.0. The van der Waals surface area contributed by atoms with Crippen LogP contribution in [0.4, 0.5) is 13.2 Å². The first kappa shape index (κ1) is 28.9. The molecule has 39 heavy (non-hydrogen) atoms. The molecule has 0 aromatic heterocycles. The first-order chi connectivity index (χ1) is 18.2. The average Bonchev–Trinajstić information content (AvgIpc) is 2.86. The Morgan fingerprint density at radius 2 is 1.77 bits per heavy atom. The van der Waals surface area contributed by atoms with Gasteiger partial charge in [0.05, 0.1) is 16.6 Å². The summed E-state index contributed by atoms with van der Waals surface area (Å²) < 4.78 is 74.4. The van der Waals surface area contributed by atoms with Gasteiger partial charge in [0.25, 0.3) is 5.91 Å². The van der Waals surface area contributed by atoms with E-state index in [2.05, 4.69) is 10.0 Å². The van der Waals surface area contributed by atoms with Gasteiger partial charge in [0.1, 0.15) is 22.4 Å². The summed E-state index contributed by atoms with van der Waals surface area (Å²) in [6.07, 6.45) is -5.68. The third-order valence-corrected chi connectivity index (χ3v) is 8.30. The molecule has 3 aromatic carbocycles. The lowest BCUT2D eigenvalue weighted by Gasteiger charge is -2.42. The van der Waals surface area contributed by atoms with Gasteiger partial charge in [0, 0.05) is 17.7 Å². The van der Waals surface area contributed by atoms with Crippen LogP contribution in [-0.2, 0) is 22.6 Å². The maximum absolute atomic E-state index is 13.3. The number of hydrogen-bond acceptors (Lipinski definition) is 5. The highest BCUT2D eigenvalue weighted by atomic mass is 35.5. The van der Waals surface area contributed by atoms with E-state index in [0.717, 1.165) is 11.6 Å². The average molecular weight is 583 g/mol. The molecule has 0 aliphatic carbocycles. The molecule has 1 heterocycles. The normalized spacial score (nSPS) is 18.6. The molecule has 1 aliphatic rings. The molecular weight excluding hydrogens is 557 g/mol. The number of carbonyl (C=O) groups is 1. The largest absolute Gasteiger partial charge is 0.485 e. The van der Waals surface area contributed by atoms with Gasteiger partial charge in [-0.15, -0.1) is 0 Å². The predicted molar refractivity (Wildman–Crippen MR) is 139 cm³/mol. The van der Waals surface area contributed by atoms with Crippen LogP contribution >= 0.6 is 11.6 Å². The Bertz CT molecular complexity index is 1480. The van der Waals surface area contributed by atoms with Crippen LogP contribution in [-0.4, -0.2) is 37.7 Å². The van der Waals surface area contributed by atoms with Crippen LogP contribution < -0.4 is 14.8 Å². The minimum atomic E-state index is -4.80. The van der Waals surface area contributed by atoms with Gasteiger partial charge in [0.15, 0.2) is 0 Å². The molecular formula is C27H26ClF3N2O5S. The van der Waals surface area contributed by atoms with Crippen LogP contribution in [0.3, 0.4) is 0 Å². The highest BCUT2D eigenvalue weighted by Gasteiger charge is 2.45. The van der Waals surface area contributed by atoms with Crippen molar-refractivity contribution in [3.05, 3.63) is 94.0 Å². The summed E-state index contributed by atoms with van der Waals surface area (Å²) in [5.41, 5.74) is -1.13. The summed E-state index contributed by atoms with van der Waals surface area (Å²) in [6.45, 7) is 3.41. The van der Waals surface area contributed by atoms with Crippen LogP contribution in [0, 0.1) is 0 Å². The first-order valence-electron chi connectivity index (χ1n) is 11.9. The number of carbonyl (C=O) groups excluding carboxylic acids is 1. The fraction of sp³-hybridized carbons (Fsp3) is 0.296. The molecule has 0 saturated heterocycles. The maximum atomic E-state index is 13.3. The van der Waals surface area contributed by atoms with Gasteiger partial charge in [0.2, 0.25) is 10.0 Å². The van der Waals surface area contributed by atoms with Crippen molar-refractivity contribution in [1.29, 1.82) is 0 Å². The first-order valence-corrected chi connectivity index (χ1v) is 13.8. The van der Waals surface area contributed by atoms with Crippen LogP contribution in [0.2, 0.25) is 5.02 Å². The summed E-state index contributed by atoms with van der Waals surface area (Å²) >= 11 is 5.97. The molecule has 208 valence electrons. The second-order valence-electron chi connectivity index (χ2n) is 9.64. The minimum Gasteiger partial charge on any atom is -0.485 e. The van der Waals surface area contributed by atoms with Crippen molar-refractivity contribution >= 4 is 27.5 Å². The Labute approximate surface area is 229 Å². The van der Waals surface area contributed by atoms with E-state index in [1.165, 1.54) is 32.0 Å². The van der Waals surface area contributed by atoms with Gasteiger partial charge in [-0.2, -0.15) is 13.2 Å². The lowest BCUT2D eigenvalue weighted by Crippen LogP contribution is -2.53. The molecule has 3 N–H and O–H groups in total. The van der Waals surface area contributed by atoms with E-state index in [0.29, 0.717) is 25.1 Å². The van der Waals surface area contributed by atoms with E-state index < -0.39 is 55.3 Å². The number of rotatable bonds is 7. The van der Waals surface area contributed by atoms with E-state index in [9.17, 15) is 31.5 Å². The number of amides is 1. The number of halogens is 4. The fourth-order valence-corrected chi connectivity index (χ4v) is 6.00. The van der Waals surface area contributed by atoms with Crippen molar-refractivity contribution in [3.63, 3.8) is 0 Å². The van der Waals surface area contributed by atoms with Gasteiger partial charge in [-0.05, 0) is 62.2 Å². The molecule has 0 spiro atoms. The topological polar surface area (TPSA) is 105 Å². The van der Waals surface area contributed by atoms with Crippen LogP contribution in [0.25, 0.3) is 0 Å². The lowest BCUT2D eigenvalue weighted by molar-refractivity contribution is -0.137. The van der Waals surface area contributed by atoms with Crippen molar-refractivity contribution in [1.82, 2.24) is 10.0 Å². The van der Waals surface area contributed by atoms with E-state index in [-0.39, 0.29) is 16.9 Å². The van der Waals surface area contributed by atoms with Gasteiger partial charge in [-0.1, -0.05) is 41.9 Å². The predicted octanol–water partition coefficient (Wildman–Crippen LogP) is 4.88. The molecule has 3 aromatic rings. The SMILES string of the molecule is CC1(C)Oc2ccc(C(=O)NCCc3ccccc3)cc2[C@@H](NS(=O)(=O)c2cc(C(F)(F)F)ccc2Cl)[C@@H]1O. The lowest BCUT2D eigenvalue weighted by atomic mass is 9.86. The standard InChI is InChI=1S/C27H26ClF3N2O5S/c1-26(2)24(34)23(33-39(36,37)22-15-18(27(29,30)31)9-10-20(22)28)19-14-17(8-11-21(19)38-26)25(35)32-13-12-16-6-4-3-5-7-16/h3-11,14-15,23-24,33-34H,12-13H2,1-2H3,(H,32,35)/t23-,24+/m1/s1. The molecule has 4 rings (SSSR count). The van der Waals surface area contributed by atoms with Crippen molar-refractivity contribution < 1.29 is 36.2 Å². The third kappa shape index (κ3) is 6.38. The molecule has 12 heteroatoms. The number of fused-ring (bicyclic) bond motifs is 1. The van der Waals surface area contributed by atoms with E-state index in [1.54, 1.807) is 0 Å². The highest BCUT2D eigenvalue weighted by Crippen LogP contribution is 2.41. The number of benzene rings is 3. The zero-order valence-corrected chi connectivity index (χ0v) is 22.5. The van der Waals surface area contributed by atoms with Gasteiger partial charge >= 0.3 is 6.18 Å². The van der Waals surface area contributed by atoms with E-state index in [1.807, 2.05) is 30.3 Å². The molecule has 0 unspecified atom stereocenters. The number of aliphatic hydroxyl groups is 1. The third-order valence-electron chi connectivity index (χ3n) is 6.38.